The smallest absolute Gasteiger partial charge is 0.136 e. The number of methoxy groups -OCH3 is 4. The van der Waals surface area contributed by atoms with Crippen molar-refractivity contribution >= 4 is 90.7 Å². The third-order valence-corrected chi connectivity index (χ3v) is 28.5. The molecule has 0 N–H and O–H groups in total. The van der Waals surface area contributed by atoms with Crippen molar-refractivity contribution in [1.82, 2.24) is 19.9 Å². The Morgan fingerprint density at radius 1 is 0.269 bits per heavy atom. The molecule has 8 rings (SSSR count). The molecule has 24 heteroatoms. The van der Waals surface area contributed by atoms with Crippen LogP contribution in [0.5, 0.6) is 0 Å². The molecule has 0 aliphatic rings. The van der Waals surface area contributed by atoms with E-state index in [0.717, 1.165) is 98.4 Å². The summed E-state index contributed by atoms with van der Waals surface area (Å²) in [5.74, 6) is 0. The molecule has 0 fully saturated rings. The number of hydrogen-bond donors (Lipinski definition) is 0. The maximum absolute atomic E-state index is 6.64. The molecule has 0 saturated heterocycles. The molecule has 8 heterocycles. The van der Waals surface area contributed by atoms with E-state index in [2.05, 4.69) is 57.3 Å². The van der Waals surface area contributed by atoms with E-state index in [4.69, 9.17) is 76.8 Å². The fourth-order valence-electron chi connectivity index (χ4n) is 12.6. The molecule has 0 atom stereocenters. The number of aryl methyl sites for hydroxylation is 4. The molecule has 16 nitrogen and oxygen atoms in total. The average Bonchev–Trinajstić information content (AvgIpc) is 1.62. The zero-order valence-electron chi connectivity index (χ0n) is 66.4. The zero-order chi connectivity index (χ0) is 75.9. The second-order valence-electron chi connectivity index (χ2n) is 27.4. The lowest BCUT2D eigenvalue weighted by atomic mass is 10.1. The Kier molecular flexibility index (Phi) is 46.3. The molecule has 108 heavy (non-hydrogen) atoms. The number of thiophene rings is 4. The average molecular weight is 1640 g/mol. The predicted molar refractivity (Wildman–Crippen MR) is 456 cm³/mol. The van der Waals surface area contributed by atoms with Gasteiger partial charge in [0.2, 0.25) is 0 Å². The van der Waals surface area contributed by atoms with E-state index in [9.17, 15) is 0 Å². The molecule has 0 aliphatic heterocycles. The maximum Gasteiger partial charge on any atom is 0.136 e. The third-order valence-electron chi connectivity index (χ3n) is 18.6. The van der Waals surface area contributed by atoms with Crippen LogP contribution in [0.2, 0.25) is 0 Å². The summed E-state index contributed by atoms with van der Waals surface area (Å²) in [6.07, 6.45) is 33.4. The van der Waals surface area contributed by atoms with Crippen molar-refractivity contribution in [3.8, 4) is 68.7 Å². The van der Waals surface area contributed by atoms with Crippen LogP contribution in [-0.2, 0) is 109 Å². The number of hydrogen-bond acceptors (Lipinski definition) is 24. The molecule has 0 radical (unpaired) electrons. The molecule has 0 bridgehead atoms. The van der Waals surface area contributed by atoms with Crippen LogP contribution in [0.15, 0.2) is 35.2 Å². The molecule has 0 saturated carbocycles. The van der Waals surface area contributed by atoms with E-state index in [0.29, 0.717) is 132 Å². The summed E-state index contributed by atoms with van der Waals surface area (Å²) < 4.78 is 70.1. The molecular weight excluding hydrogens is 1510 g/mol. The number of rotatable bonds is 67. The van der Waals surface area contributed by atoms with E-state index in [1.807, 2.05) is 62.2 Å². The van der Waals surface area contributed by atoms with E-state index < -0.39 is 0 Å². The minimum Gasteiger partial charge on any atom is -0.382 e. The molecule has 602 valence electrons. The third kappa shape index (κ3) is 31.6. The molecule has 8 aromatic rings. The highest BCUT2D eigenvalue weighted by Crippen LogP contribution is 2.52. The first-order valence-electron chi connectivity index (χ1n) is 40.3. The van der Waals surface area contributed by atoms with Crippen LogP contribution in [-0.4, -0.2) is 154 Å². The largest absolute Gasteiger partial charge is 0.382 e. The normalized spacial score (nSPS) is 11.9. The van der Waals surface area contributed by atoms with E-state index in [1.165, 1.54) is 195 Å². The summed E-state index contributed by atoms with van der Waals surface area (Å²) in [5, 5.41) is 5.47. The first-order valence-corrected chi connectivity index (χ1v) is 47.0. The van der Waals surface area contributed by atoms with Gasteiger partial charge in [0.1, 0.15) is 15.0 Å². The first kappa shape index (κ1) is 90.4. The van der Waals surface area contributed by atoms with E-state index >= 15 is 0 Å². The van der Waals surface area contributed by atoms with Gasteiger partial charge in [-0.15, -0.1) is 90.7 Å². The van der Waals surface area contributed by atoms with Gasteiger partial charge >= 0.3 is 0 Å². The Labute approximate surface area is 679 Å². The molecule has 0 aliphatic carbocycles. The standard InChI is InChI=1S/C84H126N4O12S8/c1-9-13-17-21-25-29-33-67-79(102-62-85-67)82-87-69(35-31-27-23-19-15-11-3)81(107-82)84-88-70(36-32-28-24-20-16-12-4)80(108-84)83-86-68(34-30-26-22-18-14-10-2)78(106-83)74-56-66(60-100-52-48-96-44-40-92-8)77(105-74)73-55-65(59-99-51-47-95-43-39-91-7)76(104-73)72-54-64(58-98-50-46-94-42-38-90-6)75(103-72)71-53-63(61-101-71)57-97-49-45-93-41-37-89-5/h53-56,61-62H,9-52,57-60H2,1-8H3. The lowest BCUT2D eigenvalue weighted by molar-refractivity contribution is 0.0200. The summed E-state index contributed by atoms with van der Waals surface area (Å²) in [5.41, 5.74) is 11.3. The van der Waals surface area contributed by atoms with Crippen molar-refractivity contribution in [3.63, 3.8) is 0 Å². The Balaban J connectivity index is 1.22. The fraction of sp³-hybridized carbons (Fsp3) is 0.667. The summed E-state index contributed by atoms with van der Waals surface area (Å²) in [4.78, 5) is 35.4. The van der Waals surface area contributed by atoms with Gasteiger partial charge in [-0.2, -0.15) is 0 Å². The summed E-state index contributed by atoms with van der Waals surface area (Å²) in [6, 6.07) is 9.37. The van der Waals surface area contributed by atoms with Crippen LogP contribution in [0.25, 0.3) is 68.7 Å². The summed E-state index contributed by atoms with van der Waals surface area (Å²) in [7, 11) is 6.77. The monoisotopic (exact) mass is 1640 g/mol. The Bertz CT molecular complexity index is 3620. The van der Waals surface area contributed by atoms with Gasteiger partial charge in [-0.3, -0.25) is 0 Å². The quantitative estimate of drug-likeness (QED) is 0.0331. The van der Waals surface area contributed by atoms with Crippen molar-refractivity contribution < 1.29 is 56.8 Å². The minimum absolute atomic E-state index is 0.406. The highest BCUT2D eigenvalue weighted by Gasteiger charge is 2.28. The number of nitrogens with zero attached hydrogens (tertiary/aromatic N) is 4. The SMILES string of the molecule is CCCCCCCCc1nc(-c2sc(-c3sc(-c4scnc4CCCCCCCC)nc3CCCCCCCC)nc2CCCCCCCC)sc1-c1cc(COCCOCCOC)c(-c2cc(COCCOCCOC)c(-c3cc(COCCOCCOC)c(-c4cc(COCCOCCOC)cs4)s3)s2)s1. The summed E-state index contributed by atoms with van der Waals surface area (Å²) in [6.45, 7) is 19.0. The fourth-order valence-corrected chi connectivity index (χ4v) is 22.0. The van der Waals surface area contributed by atoms with Crippen LogP contribution in [0, 0.1) is 0 Å². The van der Waals surface area contributed by atoms with Crippen LogP contribution in [0.3, 0.4) is 0 Å². The van der Waals surface area contributed by atoms with Crippen molar-refractivity contribution in [1.29, 1.82) is 0 Å². The van der Waals surface area contributed by atoms with Crippen molar-refractivity contribution in [3.05, 3.63) is 80.2 Å². The van der Waals surface area contributed by atoms with Crippen molar-refractivity contribution in [2.75, 3.05) is 134 Å². The van der Waals surface area contributed by atoms with Gasteiger partial charge in [0.15, 0.2) is 0 Å². The van der Waals surface area contributed by atoms with Gasteiger partial charge < -0.3 is 56.8 Å². The topological polar surface area (TPSA) is 162 Å². The Hall–Kier alpha value is -3.16. The van der Waals surface area contributed by atoms with E-state index in [1.54, 1.807) is 62.4 Å². The lowest BCUT2D eigenvalue weighted by Gasteiger charge is -2.06. The van der Waals surface area contributed by atoms with Crippen molar-refractivity contribution in [2.45, 2.75) is 234 Å². The first-order chi connectivity index (χ1) is 53.3. The predicted octanol–water partition coefficient (Wildman–Crippen LogP) is 23.8. The van der Waals surface area contributed by atoms with Crippen LogP contribution >= 0.6 is 90.7 Å². The van der Waals surface area contributed by atoms with Gasteiger partial charge in [-0.05, 0) is 103 Å². The molecule has 0 unspecified atom stereocenters. The molecule has 0 spiro atoms. The lowest BCUT2D eigenvalue weighted by Crippen LogP contribution is -2.08. The minimum atomic E-state index is 0.406. The van der Waals surface area contributed by atoms with Crippen molar-refractivity contribution in [2.24, 2.45) is 0 Å². The summed E-state index contributed by atoms with van der Waals surface area (Å²) >= 11 is 14.6. The Morgan fingerprint density at radius 2 is 0.574 bits per heavy atom. The number of thiazole rings is 4. The second kappa shape index (κ2) is 55.4. The number of unbranched alkanes of at least 4 members (excludes halogenated alkanes) is 20. The second-order valence-corrected chi connectivity index (χ2v) is 35.3. The van der Waals surface area contributed by atoms with Crippen LogP contribution in [0.1, 0.15) is 227 Å². The van der Waals surface area contributed by atoms with Crippen LogP contribution < -0.4 is 0 Å². The molecule has 8 aromatic heterocycles. The molecule has 0 aromatic carbocycles. The molecule has 0 amide bonds. The van der Waals surface area contributed by atoms with Crippen LogP contribution in [0.4, 0.5) is 0 Å². The maximum atomic E-state index is 6.64. The number of aromatic nitrogens is 4. The van der Waals surface area contributed by atoms with E-state index in [-0.39, 0.29) is 0 Å². The van der Waals surface area contributed by atoms with Gasteiger partial charge in [0.05, 0.1) is 195 Å². The molecular formula is C84H126N4O12S8. The van der Waals surface area contributed by atoms with Gasteiger partial charge in [-0.25, -0.2) is 19.9 Å². The Morgan fingerprint density at radius 3 is 0.963 bits per heavy atom. The van der Waals surface area contributed by atoms with Gasteiger partial charge in [-0.1, -0.05) is 156 Å². The van der Waals surface area contributed by atoms with Gasteiger partial charge in [0.25, 0.3) is 0 Å². The number of ether oxygens (including phenoxy) is 12. The highest BCUT2D eigenvalue weighted by molar-refractivity contribution is 7.31. The zero-order valence-corrected chi connectivity index (χ0v) is 72.9. The van der Waals surface area contributed by atoms with Gasteiger partial charge in [0, 0.05) is 47.9 Å². The highest BCUT2D eigenvalue weighted by atomic mass is 32.1.